The molecule has 6 heteroatoms. The lowest BCUT2D eigenvalue weighted by Crippen LogP contribution is -2.36. The van der Waals surface area contributed by atoms with Gasteiger partial charge in [-0.3, -0.25) is 15.0 Å². The van der Waals surface area contributed by atoms with E-state index < -0.39 is 11.3 Å². The number of hydrogen-bond donors (Lipinski definition) is 2. The van der Waals surface area contributed by atoms with E-state index in [9.17, 15) is 9.59 Å². The second-order valence-electron chi connectivity index (χ2n) is 5.13. The number of nitrogens with zero attached hydrogens (tertiary/aromatic N) is 2. The molecule has 0 spiro atoms. The highest BCUT2D eigenvalue weighted by atomic mass is 16.2. The van der Waals surface area contributed by atoms with E-state index in [1.165, 1.54) is 6.07 Å². The van der Waals surface area contributed by atoms with Gasteiger partial charge in [-0.25, -0.2) is 10.5 Å². The van der Waals surface area contributed by atoms with E-state index in [4.69, 9.17) is 5.84 Å². The van der Waals surface area contributed by atoms with Gasteiger partial charge in [0.05, 0.1) is 5.69 Å². The highest BCUT2D eigenvalue weighted by Gasteiger charge is 2.16. The van der Waals surface area contributed by atoms with Crippen LogP contribution >= 0.6 is 0 Å². The molecule has 0 saturated carbocycles. The molecule has 1 heterocycles. The zero-order chi connectivity index (χ0) is 15.7. The number of nitrogens with one attached hydrogen (secondary N) is 1. The Labute approximate surface area is 122 Å². The molecule has 0 saturated heterocycles. The summed E-state index contributed by atoms with van der Waals surface area (Å²) in [6.45, 7) is 7.73. The van der Waals surface area contributed by atoms with Gasteiger partial charge in [-0.15, -0.1) is 0 Å². The topological polar surface area (TPSA) is 90.0 Å². The van der Waals surface area contributed by atoms with Crippen molar-refractivity contribution in [3.8, 4) is 5.69 Å². The lowest BCUT2D eigenvalue weighted by atomic mass is 10.0. The maximum Gasteiger partial charge on any atom is 0.289 e. The number of hydrogen-bond acceptors (Lipinski definition) is 4. The molecule has 0 bridgehead atoms. The molecule has 0 unspecified atom stereocenters. The summed E-state index contributed by atoms with van der Waals surface area (Å²) in [4.78, 5) is 23.5. The summed E-state index contributed by atoms with van der Waals surface area (Å²) in [5.74, 6) is 4.39. The van der Waals surface area contributed by atoms with Crippen molar-refractivity contribution < 1.29 is 4.79 Å². The number of benzene rings is 1. The quantitative estimate of drug-likeness (QED) is 0.491. The number of nitrogens with two attached hydrogens (primary N) is 1. The van der Waals surface area contributed by atoms with Crippen molar-refractivity contribution >= 4 is 5.91 Å². The summed E-state index contributed by atoms with van der Waals surface area (Å²) in [7, 11) is 0. The van der Waals surface area contributed by atoms with E-state index in [0.717, 1.165) is 22.4 Å². The Balaban J connectivity index is 2.76. The van der Waals surface area contributed by atoms with Crippen molar-refractivity contribution in [3.05, 3.63) is 56.5 Å². The lowest BCUT2D eigenvalue weighted by Gasteiger charge is -2.16. The zero-order valence-electron chi connectivity index (χ0n) is 12.5. The molecular formula is C15H18N4O2. The number of aryl methyl sites for hydroxylation is 4. The highest BCUT2D eigenvalue weighted by Crippen LogP contribution is 2.21. The first-order chi connectivity index (χ1) is 9.85. The van der Waals surface area contributed by atoms with Crippen molar-refractivity contribution in [2.45, 2.75) is 27.7 Å². The van der Waals surface area contributed by atoms with Gasteiger partial charge < -0.3 is 0 Å². The second-order valence-corrected chi connectivity index (χ2v) is 5.13. The van der Waals surface area contributed by atoms with Crippen LogP contribution in [0, 0.1) is 27.7 Å². The van der Waals surface area contributed by atoms with Crippen LogP contribution in [-0.2, 0) is 0 Å². The van der Waals surface area contributed by atoms with Crippen LogP contribution in [0.3, 0.4) is 0 Å². The van der Waals surface area contributed by atoms with Gasteiger partial charge >= 0.3 is 0 Å². The Morgan fingerprint density at radius 1 is 1.14 bits per heavy atom. The Bertz CT molecular complexity index is 755. The molecular weight excluding hydrogens is 268 g/mol. The molecule has 1 amide bonds. The number of hydrazine groups is 1. The molecule has 1 aromatic carbocycles. The van der Waals surface area contributed by atoms with Crippen molar-refractivity contribution in [1.29, 1.82) is 0 Å². The van der Waals surface area contributed by atoms with E-state index in [-0.39, 0.29) is 5.69 Å². The number of rotatable bonds is 2. The lowest BCUT2D eigenvalue weighted by molar-refractivity contribution is 0.0945. The summed E-state index contributed by atoms with van der Waals surface area (Å²) in [6, 6.07) is 5.45. The minimum atomic E-state index is -0.698. The fraction of sp³-hybridized carbons (Fsp3) is 0.267. The van der Waals surface area contributed by atoms with Crippen LogP contribution in [0.5, 0.6) is 0 Å². The van der Waals surface area contributed by atoms with Gasteiger partial charge in [-0.05, 0) is 38.8 Å². The Morgan fingerprint density at radius 2 is 1.71 bits per heavy atom. The molecule has 0 atom stereocenters. The van der Waals surface area contributed by atoms with E-state index in [0.29, 0.717) is 5.69 Å². The Morgan fingerprint density at radius 3 is 2.24 bits per heavy atom. The van der Waals surface area contributed by atoms with Gasteiger partial charge in [-0.2, -0.15) is 5.10 Å². The van der Waals surface area contributed by atoms with Crippen molar-refractivity contribution in [3.63, 3.8) is 0 Å². The van der Waals surface area contributed by atoms with Gasteiger partial charge in [-0.1, -0.05) is 17.7 Å². The van der Waals surface area contributed by atoms with Crippen molar-refractivity contribution in [2.24, 2.45) is 5.84 Å². The Kier molecular flexibility index (Phi) is 3.90. The van der Waals surface area contributed by atoms with Gasteiger partial charge in [0.1, 0.15) is 0 Å². The zero-order valence-corrected chi connectivity index (χ0v) is 12.5. The second kappa shape index (κ2) is 5.49. The number of carbonyl (C=O) groups excluding carboxylic acids is 1. The fourth-order valence-electron chi connectivity index (χ4n) is 2.51. The molecule has 0 aliphatic rings. The number of carbonyl (C=O) groups is 1. The van der Waals surface area contributed by atoms with E-state index >= 15 is 0 Å². The first kappa shape index (κ1) is 14.9. The first-order valence-electron chi connectivity index (χ1n) is 6.55. The maximum atomic E-state index is 11.9. The van der Waals surface area contributed by atoms with E-state index in [1.807, 2.05) is 38.3 Å². The predicted molar refractivity (Wildman–Crippen MR) is 80.4 cm³/mol. The SMILES string of the molecule is Cc1cc(C)c(-n2nc(C(=O)NN)c(=O)cc2C)c(C)c1. The van der Waals surface area contributed by atoms with Crippen LogP contribution in [0.2, 0.25) is 0 Å². The number of nitrogen functional groups attached to an aromatic ring is 1. The maximum absolute atomic E-state index is 11.9. The summed E-state index contributed by atoms with van der Waals surface area (Å²) < 4.78 is 1.61. The summed E-state index contributed by atoms with van der Waals surface area (Å²) >= 11 is 0. The first-order valence-corrected chi connectivity index (χ1v) is 6.55. The molecule has 0 radical (unpaired) electrons. The van der Waals surface area contributed by atoms with Crippen molar-refractivity contribution in [2.75, 3.05) is 0 Å². The van der Waals surface area contributed by atoms with Crippen LogP contribution in [0.1, 0.15) is 32.9 Å². The third-order valence-electron chi connectivity index (χ3n) is 3.30. The smallest absolute Gasteiger partial charge is 0.289 e. The summed E-state index contributed by atoms with van der Waals surface area (Å²) in [5, 5.41) is 4.18. The number of amides is 1. The van der Waals surface area contributed by atoms with Crippen LogP contribution in [0.25, 0.3) is 5.69 Å². The average molecular weight is 286 g/mol. The summed E-state index contributed by atoms with van der Waals surface area (Å²) in [6.07, 6.45) is 0. The van der Waals surface area contributed by atoms with Gasteiger partial charge in [0.2, 0.25) is 5.43 Å². The molecule has 1 aromatic heterocycles. The molecule has 21 heavy (non-hydrogen) atoms. The standard InChI is InChI=1S/C15H18N4O2/c1-8-5-9(2)14(10(3)6-8)19-11(4)7-12(20)13(18-19)15(21)17-16/h5-7H,16H2,1-4H3,(H,17,21). The Hall–Kier alpha value is -2.47. The third kappa shape index (κ3) is 2.71. The van der Waals surface area contributed by atoms with E-state index in [1.54, 1.807) is 11.6 Å². The molecule has 6 nitrogen and oxygen atoms in total. The van der Waals surface area contributed by atoms with Crippen LogP contribution in [0.15, 0.2) is 23.0 Å². The molecule has 0 aliphatic carbocycles. The highest BCUT2D eigenvalue weighted by molar-refractivity contribution is 5.91. The number of aromatic nitrogens is 2. The normalized spacial score (nSPS) is 10.5. The monoisotopic (exact) mass is 286 g/mol. The predicted octanol–water partition coefficient (Wildman–Crippen LogP) is 1.07. The van der Waals surface area contributed by atoms with E-state index in [2.05, 4.69) is 5.10 Å². The largest absolute Gasteiger partial charge is 0.289 e. The van der Waals surface area contributed by atoms with Crippen LogP contribution in [0.4, 0.5) is 0 Å². The molecule has 110 valence electrons. The molecule has 0 aliphatic heterocycles. The van der Waals surface area contributed by atoms with Gasteiger partial charge in [0.25, 0.3) is 5.91 Å². The summed E-state index contributed by atoms with van der Waals surface area (Å²) in [5.41, 5.74) is 5.98. The third-order valence-corrected chi connectivity index (χ3v) is 3.30. The molecule has 0 fully saturated rings. The average Bonchev–Trinajstić information content (AvgIpc) is 2.39. The van der Waals surface area contributed by atoms with Crippen molar-refractivity contribution in [1.82, 2.24) is 15.2 Å². The minimum absolute atomic E-state index is 0.220. The molecule has 2 rings (SSSR count). The van der Waals surface area contributed by atoms with Gasteiger partial charge in [0, 0.05) is 11.8 Å². The minimum Gasteiger partial charge on any atom is -0.289 e. The van der Waals surface area contributed by atoms with Crippen LogP contribution in [-0.4, -0.2) is 15.7 Å². The molecule has 3 N–H and O–H groups in total. The van der Waals surface area contributed by atoms with Crippen LogP contribution < -0.4 is 16.7 Å². The fourth-order valence-corrected chi connectivity index (χ4v) is 2.51. The molecule has 2 aromatic rings. The van der Waals surface area contributed by atoms with Gasteiger partial charge in [0.15, 0.2) is 5.69 Å².